The first-order chi connectivity index (χ1) is 9.52. The predicted molar refractivity (Wildman–Crippen MR) is 87.8 cm³/mol. The van der Waals surface area contributed by atoms with Gasteiger partial charge in [-0.05, 0) is 64.3 Å². The van der Waals surface area contributed by atoms with Crippen LogP contribution in [0.3, 0.4) is 0 Å². The van der Waals surface area contributed by atoms with Crippen LogP contribution in [0, 0.1) is 0 Å². The van der Waals surface area contributed by atoms with Gasteiger partial charge in [0.25, 0.3) is 0 Å². The molecule has 0 aliphatic carbocycles. The van der Waals surface area contributed by atoms with Crippen molar-refractivity contribution in [3.05, 3.63) is 62.0 Å². The number of hydrogen-bond donors (Lipinski definition) is 1. The van der Waals surface area contributed by atoms with E-state index >= 15 is 0 Å². The van der Waals surface area contributed by atoms with Crippen LogP contribution in [0.25, 0.3) is 0 Å². The smallest absolute Gasteiger partial charge is 0.133 e. The summed E-state index contributed by atoms with van der Waals surface area (Å²) in [6.07, 6.45) is 0. The third-order valence-corrected chi connectivity index (χ3v) is 4.11. The van der Waals surface area contributed by atoms with Gasteiger partial charge in [0.1, 0.15) is 5.75 Å². The van der Waals surface area contributed by atoms with Crippen molar-refractivity contribution in [2.45, 2.75) is 13.0 Å². The summed E-state index contributed by atoms with van der Waals surface area (Å²) in [5, 5.41) is 1.22. The molecule has 2 aromatic carbocycles. The van der Waals surface area contributed by atoms with E-state index in [1.807, 2.05) is 25.1 Å². The Hall–Kier alpha value is -0.740. The van der Waals surface area contributed by atoms with Crippen LogP contribution in [0.1, 0.15) is 24.1 Å². The van der Waals surface area contributed by atoms with E-state index < -0.39 is 0 Å². The molecule has 0 radical (unpaired) electrons. The van der Waals surface area contributed by atoms with Crippen molar-refractivity contribution < 1.29 is 4.74 Å². The monoisotopic (exact) mass is 373 g/mol. The maximum Gasteiger partial charge on any atom is 0.133 e. The van der Waals surface area contributed by atoms with Gasteiger partial charge in [0.15, 0.2) is 0 Å². The second-order valence-corrected chi connectivity index (χ2v) is 5.96. The average molecular weight is 375 g/mol. The molecule has 0 amide bonds. The Labute approximate surface area is 137 Å². The highest BCUT2D eigenvalue weighted by molar-refractivity contribution is 9.10. The van der Waals surface area contributed by atoms with Crippen LogP contribution in [-0.2, 0) is 0 Å². The van der Waals surface area contributed by atoms with Crippen LogP contribution in [-0.4, -0.2) is 6.61 Å². The molecule has 2 N–H and O–H groups in total. The van der Waals surface area contributed by atoms with E-state index in [2.05, 4.69) is 15.9 Å². The lowest BCUT2D eigenvalue weighted by Gasteiger charge is -2.16. The first-order valence-electron chi connectivity index (χ1n) is 6.15. The minimum atomic E-state index is -0.340. The van der Waals surface area contributed by atoms with Crippen molar-refractivity contribution >= 4 is 39.1 Å². The maximum atomic E-state index is 6.27. The largest absolute Gasteiger partial charge is 0.493 e. The van der Waals surface area contributed by atoms with Gasteiger partial charge in [-0.1, -0.05) is 29.3 Å². The molecule has 1 atom stereocenters. The molecule has 0 spiro atoms. The average Bonchev–Trinajstić information content (AvgIpc) is 2.43. The van der Waals surface area contributed by atoms with Crippen LogP contribution < -0.4 is 10.5 Å². The Morgan fingerprint density at radius 1 is 1.20 bits per heavy atom. The van der Waals surface area contributed by atoms with Gasteiger partial charge >= 0.3 is 0 Å². The van der Waals surface area contributed by atoms with E-state index in [4.69, 9.17) is 33.7 Å². The summed E-state index contributed by atoms with van der Waals surface area (Å²) in [5.74, 6) is 0.792. The first-order valence-corrected chi connectivity index (χ1v) is 7.70. The maximum absolute atomic E-state index is 6.27. The van der Waals surface area contributed by atoms with E-state index in [1.165, 1.54) is 0 Å². The van der Waals surface area contributed by atoms with Crippen molar-refractivity contribution in [3.63, 3.8) is 0 Å². The first kappa shape index (κ1) is 15.6. The summed E-state index contributed by atoms with van der Waals surface area (Å²) in [6, 6.07) is 10.7. The van der Waals surface area contributed by atoms with Gasteiger partial charge in [0.2, 0.25) is 0 Å². The van der Waals surface area contributed by atoms with Crippen molar-refractivity contribution in [3.8, 4) is 5.75 Å². The zero-order valence-corrected chi connectivity index (χ0v) is 14.0. The summed E-state index contributed by atoms with van der Waals surface area (Å²) >= 11 is 15.7. The molecule has 0 saturated heterocycles. The molecule has 1 unspecified atom stereocenters. The SMILES string of the molecule is CCOc1ccc(C(N)c2cc(Cl)ccc2Cl)cc1Br. The Morgan fingerprint density at radius 3 is 2.60 bits per heavy atom. The van der Waals surface area contributed by atoms with E-state index in [0.29, 0.717) is 16.7 Å². The second kappa shape index (κ2) is 6.81. The lowest BCUT2D eigenvalue weighted by Crippen LogP contribution is -2.12. The predicted octanol–water partition coefficient (Wildman–Crippen LogP) is 5.20. The van der Waals surface area contributed by atoms with E-state index in [1.54, 1.807) is 18.2 Å². The standard InChI is InChI=1S/C15H14BrCl2NO/c1-2-20-14-6-3-9(7-12(14)16)15(19)11-8-10(17)4-5-13(11)18/h3-8,15H,2,19H2,1H3. The fourth-order valence-electron chi connectivity index (χ4n) is 1.92. The van der Waals surface area contributed by atoms with E-state index in [9.17, 15) is 0 Å². The number of hydrogen-bond acceptors (Lipinski definition) is 2. The highest BCUT2D eigenvalue weighted by atomic mass is 79.9. The minimum absolute atomic E-state index is 0.340. The van der Waals surface area contributed by atoms with E-state index in [-0.39, 0.29) is 6.04 Å². The van der Waals surface area contributed by atoms with Crippen LogP contribution in [0.15, 0.2) is 40.9 Å². The van der Waals surface area contributed by atoms with E-state index in [0.717, 1.165) is 21.3 Å². The highest BCUT2D eigenvalue weighted by Crippen LogP contribution is 2.33. The molecular formula is C15H14BrCl2NO. The summed E-state index contributed by atoms with van der Waals surface area (Å²) in [6.45, 7) is 2.56. The highest BCUT2D eigenvalue weighted by Gasteiger charge is 2.14. The number of rotatable bonds is 4. The summed E-state index contributed by atoms with van der Waals surface area (Å²) in [7, 11) is 0. The molecule has 2 rings (SSSR count). The van der Waals surface area contributed by atoms with Crippen LogP contribution >= 0.6 is 39.1 Å². The van der Waals surface area contributed by atoms with Gasteiger partial charge in [-0.15, -0.1) is 0 Å². The molecule has 0 aliphatic rings. The molecule has 5 heteroatoms. The zero-order chi connectivity index (χ0) is 14.7. The molecule has 20 heavy (non-hydrogen) atoms. The van der Waals surface area contributed by atoms with Crippen molar-refractivity contribution in [1.29, 1.82) is 0 Å². The number of benzene rings is 2. The second-order valence-electron chi connectivity index (χ2n) is 4.27. The van der Waals surface area contributed by atoms with Gasteiger partial charge in [0.05, 0.1) is 17.1 Å². The Balaban J connectivity index is 2.35. The fraction of sp³-hybridized carbons (Fsp3) is 0.200. The fourth-order valence-corrected chi connectivity index (χ4v) is 2.84. The molecule has 106 valence electrons. The molecule has 0 bridgehead atoms. The quantitative estimate of drug-likeness (QED) is 0.797. The minimum Gasteiger partial charge on any atom is -0.493 e. The molecule has 0 saturated carbocycles. The van der Waals surface area contributed by atoms with Crippen molar-refractivity contribution in [2.24, 2.45) is 5.73 Å². The lowest BCUT2D eigenvalue weighted by atomic mass is 9.99. The van der Waals surface area contributed by atoms with Crippen molar-refractivity contribution in [1.82, 2.24) is 0 Å². The Morgan fingerprint density at radius 2 is 1.95 bits per heavy atom. The van der Waals surface area contributed by atoms with Gasteiger partial charge in [-0.2, -0.15) is 0 Å². The van der Waals surface area contributed by atoms with Gasteiger partial charge in [0, 0.05) is 10.0 Å². The van der Waals surface area contributed by atoms with Crippen LogP contribution in [0.5, 0.6) is 5.75 Å². The molecule has 2 aromatic rings. The molecule has 2 nitrogen and oxygen atoms in total. The summed E-state index contributed by atoms with van der Waals surface area (Å²) in [4.78, 5) is 0. The van der Waals surface area contributed by atoms with Crippen molar-refractivity contribution in [2.75, 3.05) is 6.61 Å². The number of ether oxygens (including phenoxy) is 1. The van der Waals surface area contributed by atoms with Gasteiger partial charge in [-0.25, -0.2) is 0 Å². The normalized spacial score (nSPS) is 12.2. The van der Waals surface area contributed by atoms with Crippen LogP contribution in [0.2, 0.25) is 10.0 Å². The summed E-state index contributed by atoms with van der Waals surface area (Å²) < 4.78 is 6.35. The Bertz CT molecular complexity index is 619. The van der Waals surface area contributed by atoms with Gasteiger partial charge in [-0.3, -0.25) is 0 Å². The third-order valence-electron chi connectivity index (χ3n) is 2.91. The molecule has 0 aromatic heterocycles. The summed E-state index contributed by atoms with van der Waals surface area (Å²) in [5.41, 5.74) is 8.01. The van der Waals surface area contributed by atoms with Crippen LogP contribution in [0.4, 0.5) is 0 Å². The molecule has 0 aliphatic heterocycles. The topological polar surface area (TPSA) is 35.2 Å². The zero-order valence-electron chi connectivity index (χ0n) is 10.9. The molecule has 0 heterocycles. The number of halogens is 3. The molecule has 0 fully saturated rings. The van der Waals surface area contributed by atoms with Gasteiger partial charge < -0.3 is 10.5 Å². The lowest BCUT2D eigenvalue weighted by molar-refractivity contribution is 0.338. The third kappa shape index (κ3) is 3.47. The Kier molecular flexibility index (Phi) is 5.33. The number of nitrogens with two attached hydrogens (primary N) is 1. The molecular weight excluding hydrogens is 361 g/mol.